The zero-order chi connectivity index (χ0) is 23.1. The van der Waals surface area contributed by atoms with Crippen LogP contribution in [0.5, 0.6) is 5.75 Å². The number of nitrogens with two attached hydrogens (primary N) is 1. The summed E-state index contributed by atoms with van der Waals surface area (Å²) in [6.45, 7) is 5.72. The summed E-state index contributed by atoms with van der Waals surface area (Å²) in [4.78, 5) is 43.2. The van der Waals surface area contributed by atoms with E-state index < -0.39 is 11.9 Å². The van der Waals surface area contributed by atoms with Crippen LogP contribution >= 0.6 is 23.1 Å². The molecule has 1 aliphatic rings. The molecule has 0 saturated carbocycles. The number of benzene rings is 1. The summed E-state index contributed by atoms with van der Waals surface area (Å²) in [5.41, 5.74) is 6.20. The average molecular weight is 478 g/mol. The van der Waals surface area contributed by atoms with Crippen LogP contribution in [0.4, 0.5) is 0 Å². The van der Waals surface area contributed by atoms with Crippen molar-refractivity contribution in [2.75, 3.05) is 32.1 Å². The van der Waals surface area contributed by atoms with E-state index in [0.717, 1.165) is 17.8 Å². The lowest BCUT2D eigenvalue weighted by molar-refractivity contribution is -0.129. The van der Waals surface area contributed by atoms with Gasteiger partial charge in [-0.1, -0.05) is 0 Å². The molecule has 3 rings (SSSR count). The van der Waals surface area contributed by atoms with Crippen molar-refractivity contribution in [1.82, 2.24) is 9.88 Å². The standard InChI is InChI=1S/C22H27N3O5S2/c1-3-29-15-5-6-16(20(23)27)18(11-15)31-13-19(26)25-9-7-14(8-10-25)21-24-17(12-32-21)22(28)30-4-2/h5-6,11-12,14H,3-4,7-10,13H2,1-2H3,(H2,23,27). The van der Waals surface area contributed by atoms with E-state index in [1.807, 2.05) is 11.8 Å². The topological polar surface area (TPSA) is 112 Å². The monoisotopic (exact) mass is 477 g/mol. The molecule has 2 aromatic rings. The molecule has 8 nitrogen and oxygen atoms in total. The van der Waals surface area contributed by atoms with Gasteiger partial charge in [0.1, 0.15) is 5.75 Å². The Bertz CT molecular complexity index is 970. The number of hydrogen-bond acceptors (Lipinski definition) is 8. The van der Waals surface area contributed by atoms with E-state index in [1.165, 1.54) is 23.1 Å². The largest absolute Gasteiger partial charge is 0.494 e. The van der Waals surface area contributed by atoms with Crippen molar-refractivity contribution in [3.63, 3.8) is 0 Å². The van der Waals surface area contributed by atoms with Gasteiger partial charge in [0.2, 0.25) is 11.8 Å². The molecule has 1 aromatic heterocycles. The highest BCUT2D eigenvalue weighted by Crippen LogP contribution is 2.32. The second kappa shape index (κ2) is 11.3. The normalized spacial score (nSPS) is 14.2. The highest BCUT2D eigenvalue weighted by molar-refractivity contribution is 8.00. The first-order valence-corrected chi connectivity index (χ1v) is 12.4. The van der Waals surface area contributed by atoms with Crippen molar-refractivity contribution >= 4 is 40.9 Å². The van der Waals surface area contributed by atoms with Crippen LogP contribution in [0.15, 0.2) is 28.5 Å². The summed E-state index contributed by atoms with van der Waals surface area (Å²) in [6, 6.07) is 5.08. The Kier molecular flexibility index (Phi) is 8.52. The highest BCUT2D eigenvalue weighted by Gasteiger charge is 2.27. The number of nitrogens with zero attached hydrogens (tertiary/aromatic N) is 2. The van der Waals surface area contributed by atoms with Gasteiger partial charge in [-0.25, -0.2) is 9.78 Å². The van der Waals surface area contributed by atoms with E-state index in [-0.39, 0.29) is 17.6 Å². The van der Waals surface area contributed by atoms with E-state index in [9.17, 15) is 14.4 Å². The molecule has 0 unspecified atom stereocenters. The van der Waals surface area contributed by atoms with Crippen LogP contribution in [-0.2, 0) is 9.53 Å². The van der Waals surface area contributed by atoms with Crippen molar-refractivity contribution in [2.24, 2.45) is 5.73 Å². The van der Waals surface area contributed by atoms with Crippen LogP contribution in [0.1, 0.15) is 58.5 Å². The molecular formula is C22H27N3O5S2. The average Bonchev–Trinajstić information content (AvgIpc) is 3.28. The van der Waals surface area contributed by atoms with Crippen LogP contribution < -0.4 is 10.5 Å². The van der Waals surface area contributed by atoms with Crippen molar-refractivity contribution in [2.45, 2.75) is 37.5 Å². The van der Waals surface area contributed by atoms with Gasteiger partial charge in [-0.3, -0.25) is 9.59 Å². The van der Waals surface area contributed by atoms with Crippen LogP contribution in [0.3, 0.4) is 0 Å². The van der Waals surface area contributed by atoms with Crippen LogP contribution in [0, 0.1) is 0 Å². The molecule has 1 aromatic carbocycles. The van der Waals surface area contributed by atoms with Gasteiger partial charge in [0.15, 0.2) is 5.69 Å². The number of likely N-dealkylation sites (tertiary alicyclic amines) is 1. The molecule has 0 aliphatic carbocycles. The van der Waals surface area contributed by atoms with Crippen LogP contribution in [-0.4, -0.2) is 59.7 Å². The molecule has 0 radical (unpaired) electrons. The van der Waals surface area contributed by atoms with Gasteiger partial charge in [-0.2, -0.15) is 0 Å². The van der Waals surface area contributed by atoms with Gasteiger partial charge in [0.05, 0.1) is 29.5 Å². The van der Waals surface area contributed by atoms with E-state index >= 15 is 0 Å². The number of amides is 2. The van der Waals surface area contributed by atoms with Gasteiger partial charge in [-0.05, 0) is 44.9 Å². The zero-order valence-corrected chi connectivity index (χ0v) is 19.8. The predicted octanol–water partition coefficient (Wildman–Crippen LogP) is 3.32. The van der Waals surface area contributed by atoms with Gasteiger partial charge in [0, 0.05) is 29.3 Å². The maximum Gasteiger partial charge on any atom is 0.357 e. The fourth-order valence-corrected chi connectivity index (χ4v) is 5.41. The number of thioether (sulfide) groups is 1. The minimum Gasteiger partial charge on any atom is -0.494 e. The van der Waals surface area contributed by atoms with Gasteiger partial charge < -0.3 is 20.1 Å². The summed E-state index contributed by atoms with van der Waals surface area (Å²) in [6.07, 6.45) is 1.58. The number of rotatable bonds is 9. The Morgan fingerprint density at radius 1 is 1.22 bits per heavy atom. The summed E-state index contributed by atoms with van der Waals surface area (Å²) in [5.74, 6) is 0.156. The molecule has 172 valence electrons. The fraction of sp³-hybridized carbons (Fsp3) is 0.455. The number of aromatic nitrogens is 1. The summed E-state index contributed by atoms with van der Waals surface area (Å²) < 4.78 is 10.5. The first kappa shape index (κ1) is 24.1. The van der Waals surface area contributed by atoms with Gasteiger partial charge in [0.25, 0.3) is 0 Å². The molecule has 32 heavy (non-hydrogen) atoms. The number of carbonyl (C=O) groups excluding carboxylic acids is 3. The first-order chi connectivity index (χ1) is 15.4. The Balaban J connectivity index is 1.55. The third-order valence-corrected chi connectivity index (χ3v) is 7.13. The molecule has 0 atom stereocenters. The third kappa shape index (κ3) is 6.01. The maximum atomic E-state index is 12.8. The number of primary amides is 1. The minimum atomic E-state index is -0.533. The molecule has 1 saturated heterocycles. The second-order valence-corrected chi connectivity index (χ2v) is 9.10. The summed E-state index contributed by atoms with van der Waals surface area (Å²) >= 11 is 2.75. The number of carbonyl (C=O) groups is 3. The number of ether oxygens (including phenoxy) is 2. The maximum absolute atomic E-state index is 12.8. The highest BCUT2D eigenvalue weighted by atomic mass is 32.2. The lowest BCUT2D eigenvalue weighted by atomic mass is 9.97. The lowest BCUT2D eigenvalue weighted by Gasteiger charge is -2.31. The summed E-state index contributed by atoms with van der Waals surface area (Å²) in [5, 5.41) is 2.64. The minimum absolute atomic E-state index is 0.0111. The van der Waals surface area contributed by atoms with E-state index in [0.29, 0.717) is 48.2 Å². The fourth-order valence-electron chi connectivity index (χ4n) is 3.46. The quantitative estimate of drug-likeness (QED) is 0.435. The second-order valence-electron chi connectivity index (χ2n) is 7.19. The predicted molar refractivity (Wildman–Crippen MR) is 123 cm³/mol. The Morgan fingerprint density at radius 2 is 1.97 bits per heavy atom. The number of thiazole rings is 1. The lowest BCUT2D eigenvalue weighted by Crippen LogP contribution is -2.39. The molecule has 0 spiro atoms. The van der Waals surface area contributed by atoms with Gasteiger partial charge in [-0.15, -0.1) is 23.1 Å². The zero-order valence-electron chi connectivity index (χ0n) is 18.2. The van der Waals surface area contributed by atoms with E-state index in [4.69, 9.17) is 15.2 Å². The van der Waals surface area contributed by atoms with E-state index in [2.05, 4.69) is 4.98 Å². The van der Waals surface area contributed by atoms with Gasteiger partial charge >= 0.3 is 5.97 Å². The molecule has 2 amide bonds. The Hall–Kier alpha value is -2.59. The molecule has 0 bridgehead atoms. The molecule has 2 N–H and O–H groups in total. The van der Waals surface area contributed by atoms with Crippen LogP contribution in [0.2, 0.25) is 0 Å². The number of hydrogen-bond donors (Lipinski definition) is 1. The molecular weight excluding hydrogens is 450 g/mol. The SMILES string of the molecule is CCOC(=O)c1csc(C2CCN(C(=O)CSc3cc(OCC)ccc3C(N)=O)CC2)n1. The molecule has 1 aliphatic heterocycles. The number of esters is 1. The first-order valence-electron chi connectivity index (χ1n) is 10.5. The molecule has 10 heteroatoms. The number of piperidine rings is 1. The molecule has 1 fully saturated rings. The smallest absolute Gasteiger partial charge is 0.357 e. The Morgan fingerprint density at radius 3 is 2.62 bits per heavy atom. The van der Waals surface area contributed by atoms with Crippen molar-refractivity contribution in [3.8, 4) is 5.75 Å². The van der Waals surface area contributed by atoms with E-state index in [1.54, 1.807) is 30.5 Å². The van der Waals surface area contributed by atoms with Crippen molar-refractivity contribution < 1.29 is 23.9 Å². The van der Waals surface area contributed by atoms with Crippen molar-refractivity contribution in [1.29, 1.82) is 0 Å². The molecule has 2 heterocycles. The Labute approximate surface area is 195 Å². The van der Waals surface area contributed by atoms with Crippen molar-refractivity contribution in [3.05, 3.63) is 39.8 Å². The third-order valence-electron chi connectivity index (χ3n) is 5.08. The van der Waals surface area contributed by atoms with Crippen LogP contribution in [0.25, 0.3) is 0 Å². The summed E-state index contributed by atoms with van der Waals surface area (Å²) in [7, 11) is 0.